The Morgan fingerprint density at radius 1 is 1.40 bits per heavy atom. The zero-order chi connectivity index (χ0) is 22.6. The first-order chi connectivity index (χ1) is 13.9. The maximum Gasteiger partial charge on any atom is 0.348 e. The molecule has 1 aromatic rings. The van der Waals surface area contributed by atoms with E-state index in [1.54, 1.807) is 11.0 Å². The number of hydrogen-bond acceptors (Lipinski definition) is 5. The fourth-order valence-corrected chi connectivity index (χ4v) is 4.12. The Hall–Kier alpha value is -2.37. The van der Waals surface area contributed by atoms with E-state index in [0.717, 1.165) is 11.3 Å². The number of carboxylic acids is 1. The van der Waals surface area contributed by atoms with Crippen LogP contribution in [-0.4, -0.2) is 59.6 Å². The normalized spacial score (nSPS) is 17.7. The number of carbonyl (C=O) groups is 3. The Kier molecular flexibility index (Phi) is 7.67. The van der Waals surface area contributed by atoms with Crippen LogP contribution in [0.5, 0.6) is 0 Å². The molecule has 0 bridgehead atoms. The standard InChI is InChI=1S/C22H30N2O5S/c1-7-17(20(26)23-10-11-29-14(2)13-23)24(15(3)25)18-12-16(8-9-22(4,5)6)30-19(18)21(27)28/h12,14,17H,7,10-11,13H2,1-6H3,(H,27,28)/t14?,17-/m0/s1. The summed E-state index contributed by atoms with van der Waals surface area (Å²) in [6.45, 7) is 12.3. The van der Waals surface area contributed by atoms with Crippen molar-refractivity contribution in [2.24, 2.45) is 5.41 Å². The summed E-state index contributed by atoms with van der Waals surface area (Å²) >= 11 is 1.02. The van der Waals surface area contributed by atoms with Gasteiger partial charge < -0.3 is 14.7 Å². The van der Waals surface area contributed by atoms with Crippen molar-refractivity contribution in [3.05, 3.63) is 15.8 Å². The van der Waals surface area contributed by atoms with E-state index >= 15 is 0 Å². The van der Waals surface area contributed by atoms with Gasteiger partial charge in [-0.1, -0.05) is 18.8 Å². The quantitative estimate of drug-likeness (QED) is 0.719. The van der Waals surface area contributed by atoms with E-state index in [-0.39, 0.29) is 33.9 Å². The van der Waals surface area contributed by atoms with E-state index in [4.69, 9.17) is 4.74 Å². The predicted octanol–water partition coefficient (Wildman–Crippen LogP) is 3.22. The zero-order valence-electron chi connectivity index (χ0n) is 18.4. The number of anilines is 1. The Labute approximate surface area is 182 Å². The molecule has 1 saturated heterocycles. The Bertz CT molecular complexity index is 874. The van der Waals surface area contributed by atoms with Gasteiger partial charge in [-0.2, -0.15) is 0 Å². The van der Waals surface area contributed by atoms with Gasteiger partial charge in [-0.15, -0.1) is 11.3 Å². The number of nitrogens with zero attached hydrogens (tertiary/aromatic N) is 2. The average molecular weight is 435 g/mol. The summed E-state index contributed by atoms with van der Waals surface area (Å²) in [5, 5.41) is 9.73. The summed E-state index contributed by atoms with van der Waals surface area (Å²) in [5.74, 6) is 4.36. The summed E-state index contributed by atoms with van der Waals surface area (Å²) in [4.78, 5) is 41.3. The van der Waals surface area contributed by atoms with Crippen LogP contribution < -0.4 is 4.90 Å². The van der Waals surface area contributed by atoms with Crippen molar-refractivity contribution in [3.63, 3.8) is 0 Å². The minimum atomic E-state index is -1.15. The van der Waals surface area contributed by atoms with Crippen LogP contribution in [0.25, 0.3) is 0 Å². The third-order valence-corrected chi connectivity index (χ3v) is 5.63. The topological polar surface area (TPSA) is 87.2 Å². The molecule has 7 nitrogen and oxygen atoms in total. The SMILES string of the molecule is CC[C@@H](C(=O)N1CCOC(C)C1)N(C(C)=O)c1cc(C#CC(C)(C)C)sc1C(=O)O. The second-order valence-corrected chi connectivity index (χ2v) is 9.46. The summed E-state index contributed by atoms with van der Waals surface area (Å²) in [7, 11) is 0. The molecular weight excluding hydrogens is 404 g/mol. The number of carbonyl (C=O) groups excluding carboxylic acids is 2. The van der Waals surface area contributed by atoms with Gasteiger partial charge in [0.25, 0.3) is 0 Å². The molecule has 1 N–H and O–H groups in total. The van der Waals surface area contributed by atoms with Crippen LogP contribution in [0.15, 0.2) is 6.07 Å². The molecule has 2 amide bonds. The van der Waals surface area contributed by atoms with Crippen molar-refractivity contribution in [1.82, 2.24) is 4.90 Å². The first-order valence-corrected chi connectivity index (χ1v) is 10.9. The third-order valence-electron chi connectivity index (χ3n) is 4.60. The fraction of sp³-hybridized carbons (Fsp3) is 0.591. The van der Waals surface area contributed by atoms with Gasteiger partial charge in [0.05, 0.1) is 23.3 Å². The number of carboxylic acid groups (broad SMARTS) is 1. The molecule has 1 fully saturated rings. The van der Waals surface area contributed by atoms with E-state index < -0.39 is 12.0 Å². The molecule has 1 aromatic heterocycles. The van der Waals surface area contributed by atoms with Crippen molar-refractivity contribution >= 4 is 34.8 Å². The van der Waals surface area contributed by atoms with E-state index in [0.29, 0.717) is 31.0 Å². The highest BCUT2D eigenvalue weighted by molar-refractivity contribution is 7.15. The fourth-order valence-electron chi connectivity index (χ4n) is 3.28. The van der Waals surface area contributed by atoms with E-state index in [2.05, 4.69) is 11.8 Å². The van der Waals surface area contributed by atoms with E-state index in [9.17, 15) is 19.5 Å². The summed E-state index contributed by atoms with van der Waals surface area (Å²) in [5.41, 5.74) is -0.0253. The molecular formula is C22H30N2O5S. The van der Waals surface area contributed by atoms with Crippen LogP contribution >= 0.6 is 11.3 Å². The van der Waals surface area contributed by atoms with Crippen molar-refractivity contribution in [2.75, 3.05) is 24.6 Å². The number of morpholine rings is 1. The molecule has 30 heavy (non-hydrogen) atoms. The maximum absolute atomic E-state index is 13.2. The van der Waals surface area contributed by atoms with Crippen molar-refractivity contribution in [2.45, 2.75) is 60.1 Å². The van der Waals surface area contributed by atoms with Gasteiger partial charge in [-0.05, 0) is 40.2 Å². The molecule has 0 spiro atoms. The molecule has 0 aromatic carbocycles. The van der Waals surface area contributed by atoms with Crippen molar-refractivity contribution in [1.29, 1.82) is 0 Å². The van der Waals surface area contributed by atoms with Crippen LogP contribution in [0.3, 0.4) is 0 Å². The van der Waals surface area contributed by atoms with Crippen LogP contribution in [0.4, 0.5) is 5.69 Å². The third kappa shape index (κ3) is 5.83. The molecule has 164 valence electrons. The van der Waals surface area contributed by atoms with Crippen molar-refractivity contribution < 1.29 is 24.2 Å². The molecule has 1 aliphatic heterocycles. The Morgan fingerprint density at radius 2 is 2.07 bits per heavy atom. The number of hydrogen-bond donors (Lipinski definition) is 1. The van der Waals surface area contributed by atoms with Gasteiger partial charge in [-0.25, -0.2) is 4.79 Å². The smallest absolute Gasteiger partial charge is 0.348 e. The molecule has 1 aliphatic rings. The van der Waals surface area contributed by atoms with Crippen LogP contribution in [0.2, 0.25) is 0 Å². The van der Waals surface area contributed by atoms with Gasteiger partial charge >= 0.3 is 5.97 Å². The van der Waals surface area contributed by atoms with Crippen LogP contribution in [0.1, 0.15) is 62.5 Å². The second-order valence-electron chi connectivity index (χ2n) is 8.41. The van der Waals surface area contributed by atoms with Gasteiger partial charge in [0, 0.05) is 25.4 Å². The lowest BCUT2D eigenvalue weighted by atomic mass is 9.98. The number of rotatable bonds is 5. The number of amides is 2. The maximum atomic E-state index is 13.2. The average Bonchev–Trinajstić information content (AvgIpc) is 3.07. The van der Waals surface area contributed by atoms with E-state index in [1.807, 2.05) is 34.6 Å². The minimum absolute atomic E-state index is 0.00463. The van der Waals surface area contributed by atoms with Gasteiger partial charge in [0.1, 0.15) is 10.9 Å². The van der Waals surface area contributed by atoms with Crippen LogP contribution in [0, 0.1) is 17.3 Å². The molecule has 8 heteroatoms. The molecule has 2 atom stereocenters. The Morgan fingerprint density at radius 3 is 2.57 bits per heavy atom. The molecule has 0 radical (unpaired) electrons. The van der Waals surface area contributed by atoms with Gasteiger partial charge in [0.15, 0.2) is 0 Å². The van der Waals surface area contributed by atoms with Gasteiger partial charge in [0.2, 0.25) is 11.8 Å². The zero-order valence-corrected chi connectivity index (χ0v) is 19.3. The highest BCUT2D eigenvalue weighted by Gasteiger charge is 2.35. The molecule has 2 rings (SSSR count). The lowest BCUT2D eigenvalue weighted by Crippen LogP contribution is -2.54. The molecule has 1 unspecified atom stereocenters. The van der Waals surface area contributed by atoms with Crippen molar-refractivity contribution in [3.8, 4) is 11.8 Å². The molecule has 0 aliphatic carbocycles. The van der Waals surface area contributed by atoms with E-state index in [1.165, 1.54) is 11.8 Å². The lowest BCUT2D eigenvalue weighted by Gasteiger charge is -2.37. The Balaban J connectivity index is 2.48. The van der Waals surface area contributed by atoms with Crippen LogP contribution in [-0.2, 0) is 14.3 Å². The highest BCUT2D eigenvalue weighted by atomic mass is 32.1. The monoisotopic (exact) mass is 434 g/mol. The lowest BCUT2D eigenvalue weighted by molar-refractivity contribution is -0.140. The number of thiophene rings is 1. The number of aromatic carboxylic acids is 1. The first-order valence-electron chi connectivity index (χ1n) is 10.0. The predicted molar refractivity (Wildman–Crippen MR) is 117 cm³/mol. The summed E-state index contributed by atoms with van der Waals surface area (Å²) < 4.78 is 5.51. The number of ether oxygens (including phenoxy) is 1. The molecule has 0 saturated carbocycles. The summed E-state index contributed by atoms with van der Waals surface area (Å²) in [6.07, 6.45) is 0.281. The summed E-state index contributed by atoms with van der Waals surface area (Å²) in [6, 6.07) is 0.815. The second kappa shape index (κ2) is 9.63. The highest BCUT2D eigenvalue weighted by Crippen LogP contribution is 2.33. The largest absolute Gasteiger partial charge is 0.477 e. The minimum Gasteiger partial charge on any atom is -0.477 e. The first kappa shape index (κ1) is 23.9. The molecule has 2 heterocycles. The van der Waals surface area contributed by atoms with Gasteiger partial charge in [-0.3, -0.25) is 14.5 Å².